The average molecular weight is 121 g/mol. The fourth-order valence-corrected chi connectivity index (χ4v) is 0. The summed E-state index contributed by atoms with van der Waals surface area (Å²) in [4.78, 5) is 9.12. The van der Waals surface area contributed by atoms with Crippen molar-refractivity contribution in [1.82, 2.24) is 0 Å². The first kappa shape index (κ1) is 10.8. The summed E-state index contributed by atoms with van der Waals surface area (Å²) in [6.07, 6.45) is -4.86. The first-order valence-electron chi connectivity index (χ1n) is 1.31. The van der Waals surface area contributed by atoms with Crippen LogP contribution in [-0.2, 0) is 4.79 Å². The molecular weight excluding hydrogens is 118 g/mol. The first-order chi connectivity index (χ1) is 2.94. The number of primary amides is 1. The summed E-state index contributed by atoms with van der Waals surface area (Å²) >= 11 is 0. The van der Waals surface area contributed by atoms with Crippen LogP contribution < -0.4 is 24.6 Å². The van der Waals surface area contributed by atoms with Gasteiger partial charge in [-0.15, -0.1) is 0 Å². The molecule has 2 nitrogen and oxygen atoms in total. The van der Waals surface area contributed by atoms with Crippen LogP contribution >= 0.6 is 0 Å². The predicted molar refractivity (Wildman–Crippen MR) is 16.4 cm³/mol. The zero-order valence-electron chi connectivity index (χ0n) is 5.12. The summed E-state index contributed by atoms with van der Waals surface area (Å²) in [6, 6.07) is 0. The quantitative estimate of drug-likeness (QED) is 0.344. The molecule has 1 amide bonds. The zero-order valence-corrected chi connectivity index (χ0v) is 4.12. The van der Waals surface area contributed by atoms with Gasteiger partial charge in [-0.1, -0.05) is 0 Å². The molecule has 0 aromatic rings. The number of alkyl halides is 3. The molecule has 0 aromatic heterocycles. The van der Waals surface area contributed by atoms with E-state index < -0.39 is 12.1 Å². The van der Waals surface area contributed by atoms with E-state index in [2.05, 4.69) is 5.73 Å². The van der Waals surface area contributed by atoms with Crippen LogP contribution in [0, 0.1) is 0 Å². The van der Waals surface area contributed by atoms with Gasteiger partial charge in [0.25, 0.3) is 0 Å². The number of halogens is 3. The minimum absolute atomic E-state index is 0. The van der Waals surface area contributed by atoms with Gasteiger partial charge in [-0.2, -0.15) is 13.2 Å². The Hall–Kier alpha value is -0.143. The standard InChI is InChI=1S/C2H2F3NO.Li.H/c3-2(4,5)1(6)7;;/h(H2,6,7);;/q;+1;-1. The third-order valence-electron chi connectivity index (χ3n) is 0.279. The summed E-state index contributed by atoms with van der Waals surface area (Å²) in [5, 5.41) is 0. The Morgan fingerprint density at radius 3 is 1.62 bits per heavy atom. The molecule has 0 rings (SSSR count). The van der Waals surface area contributed by atoms with Gasteiger partial charge in [0, 0.05) is 0 Å². The maximum atomic E-state index is 10.7. The zero-order chi connectivity index (χ0) is 6.08. The first-order valence-corrected chi connectivity index (χ1v) is 1.31. The van der Waals surface area contributed by atoms with Crippen LogP contribution in [-0.4, -0.2) is 12.1 Å². The topological polar surface area (TPSA) is 43.1 Å². The van der Waals surface area contributed by atoms with Crippen LogP contribution in [0.3, 0.4) is 0 Å². The van der Waals surface area contributed by atoms with Crippen molar-refractivity contribution in [3.8, 4) is 0 Å². The van der Waals surface area contributed by atoms with E-state index in [-0.39, 0.29) is 20.3 Å². The summed E-state index contributed by atoms with van der Waals surface area (Å²) in [5.41, 5.74) is 3.81. The van der Waals surface area contributed by atoms with Crippen molar-refractivity contribution in [1.29, 1.82) is 0 Å². The Labute approximate surface area is 56.9 Å². The van der Waals surface area contributed by atoms with Crippen molar-refractivity contribution in [2.75, 3.05) is 0 Å². The minimum atomic E-state index is -4.86. The smallest absolute Gasteiger partial charge is 1.00 e. The van der Waals surface area contributed by atoms with E-state index in [1.54, 1.807) is 0 Å². The van der Waals surface area contributed by atoms with Crippen molar-refractivity contribution in [3.63, 3.8) is 0 Å². The fourth-order valence-electron chi connectivity index (χ4n) is 0. The second-order valence-corrected chi connectivity index (χ2v) is 0.862. The molecule has 8 heavy (non-hydrogen) atoms. The molecule has 0 atom stereocenters. The second-order valence-electron chi connectivity index (χ2n) is 0.862. The van der Waals surface area contributed by atoms with Gasteiger partial charge in [0.15, 0.2) is 0 Å². The number of carbonyl (C=O) groups is 1. The van der Waals surface area contributed by atoms with Gasteiger partial charge in [-0.3, -0.25) is 4.79 Å². The van der Waals surface area contributed by atoms with Crippen LogP contribution in [0.25, 0.3) is 0 Å². The normalized spacial score (nSPS) is 9.88. The number of hydrogen-bond acceptors (Lipinski definition) is 1. The van der Waals surface area contributed by atoms with E-state index in [9.17, 15) is 13.2 Å². The Morgan fingerprint density at radius 2 is 1.62 bits per heavy atom. The van der Waals surface area contributed by atoms with E-state index in [4.69, 9.17) is 4.79 Å². The SMILES string of the molecule is NC(=O)C(F)(F)F.[H-].[Li+]. The summed E-state index contributed by atoms with van der Waals surface area (Å²) < 4.78 is 32.1. The monoisotopic (exact) mass is 121 g/mol. The van der Waals surface area contributed by atoms with Gasteiger partial charge in [-0.25, -0.2) is 0 Å². The molecule has 0 aliphatic carbocycles. The Bertz CT molecular complexity index is 94.3. The van der Waals surface area contributed by atoms with Gasteiger partial charge in [0.1, 0.15) is 0 Å². The Balaban J connectivity index is -0.000000180. The molecule has 0 fully saturated rings. The molecule has 0 bridgehead atoms. The molecule has 2 N–H and O–H groups in total. The third-order valence-corrected chi connectivity index (χ3v) is 0.279. The second kappa shape index (κ2) is 3.00. The van der Waals surface area contributed by atoms with Crippen LogP contribution in [0.15, 0.2) is 0 Å². The van der Waals surface area contributed by atoms with Gasteiger partial charge < -0.3 is 7.16 Å². The van der Waals surface area contributed by atoms with E-state index in [0.29, 0.717) is 0 Å². The van der Waals surface area contributed by atoms with E-state index in [0.717, 1.165) is 0 Å². The summed E-state index contributed by atoms with van der Waals surface area (Å²) in [5.74, 6) is -2.26. The van der Waals surface area contributed by atoms with Crippen molar-refractivity contribution >= 4 is 5.91 Å². The van der Waals surface area contributed by atoms with Crippen LogP contribution in [0.4, 0.5) is 13.2 Å². The van der Waals surface area contributed by atoms with Crippen molar-refractivity contribution in [2.24, 2.45) is 5.73 Å². The number of nitrogens with two attached hydrogens (primary N) is 1. The number of rotatable bonds is 0. The third kappa shape index (κ3) is 4.03. The summed E-state index contributed by atoms with van der Waals surface area (Å²) in [7, 11) is 0. The maximum absolute atomic E-state index is 10.7. The van der Waals surface area contributed by atoms with Crippen molar-refractivity contribution in [2.45, 2.75) is 6.18 Å². The molecule has 0 saturated carbocycles. The van der Waals surface area contributed by atoms with E-state index in [1.165, 1.54) is 0 Å². The van der Waals surface area contributed by atoms with E-state index >= 15 is 0 Å². The molecule has 44 valence electrons. The molecule has 0 aliphatic heterocycles. The molecule has 0 unspecified atom stereocenters. The summed E-state index contributed by atoms with van der Waals surface area (Å²) in [6.45, 7) is 0. The molecule has 0 spiro atoms. The fraction of sp³-hybridized carbons (Fsp3) is 0.500. The molecule has 0 aliphatic rings. The predicted octanol–water partition coefficient (Wildman–Crippen LogP) is -2.85. The van der Waals surface area contributed by atoms with Gasteiger partial charge in [0.05, 0.1) is 0 Å². The van der Waals surface area contributed by atoms with Gasteiger partial charge in [0.2, 0.25) is 0 Å². The molecule has 0 heterocycles. The molecular formula is C2H3F3LiNO. The number of amides is 1. The largest absolute Gasteiger partial charge is 1.00 e. The van der Waals surface area contributed by atoms with Crippen LogP contribution in [0.1, 0.15) is 1.43 Å². The Morgan fingerprint density at radius 1 is 1.50 bits per heavy atom. The van der Waals surface area contributed by atoms with Gasteiger partial charge in [-0.05, 0) is 0 Å². The number of carbonyl (C=O) groups excluding carboxylic acids is 1. The van der Waals surface area contributed by atoms with Crippen LogP contribution in [0.2, 0.25) is 0 Å². The molecule has 0 saturated heterocycles. The van der Waals surface area contributed by atoms with Crippen molar-refractivity contribution < 1.29 is 38.3 Å². The number of hydrogen-bond donors (Lipinski definition) is 1. The van der Waals surface area contributed by atoms with Crippen LogP contribution in [0.5, 0.6) is 0 Å². The molecule has 6 heteroatoms. The van der Waals surface area contributed by atoms with E-state index in [1.807, 2.05) is 0 Å². The Kier molecular flexibility index (Phi) is 4.04. The molecule has 0 radical (unpaired) electrons. The van der Waals surface area contributed by atoms with Gasteiger partial charge >= 0.3 is 30.9 Å². The van der Waals surface area contributed by atoms with Crippen molar-refractivity contribution in [3.05, 3.63) is 0 Å². The minimum Gasteiger partial charge on any atom is -1.00 e. The maximum Gasteiger partial charge on any atom is 1.00 e. The molecule has 0 aromatic carbocycles. The average Bonchev–Trinajstić information content (AvgIpc) is 1.31.